The van der Waals surface area contributed by atoms with Gasteiger partial charge in [0, 0.05) is 32.7 Å². The van der Waals surface area contributed by atoms with E-state index in [9.17, 15) is 9.90 Å². The molecule has 3 rings (SSSR count). The summed E-state index contributed by atoms with van der Waals surface area (Å²) in [7, 11) is 0. The number of piperazine rings is 1. The molecule has 1 unspecified atom stereocenters. The van der Waals surface area contributed by atoms with Crippen molar-refractivity contribution in [2.24, 2.45) is 0 Å². The maximum Gasteiger partial charge on any atom is 0.258 e. The Morgan fingerprint density at radius 1 is 1.15 bits per heavy atom. The van der Waals surface area contributed by atoms with Crippen molar-refractivity contribution >= 4 is 29.1 Å². The summed E-state index contributed by atoms with van der Waals surface area (Å²) in [5.74, 6) is 0.676. The normalized spacial score (nSPS) is 16.2. The number of amides is 1. The van der Waals surface area contributed by atoms with Crippen LogP contribution in [0.25, 0.3) is 10.8 Å². The summed E-state index contributed by atoms with van der Waals surface area (Å²) in [4.78, 5) is 17.3. The number of aliphatic hydroxyl groups excluding tert-OH is 1. The molecule has 6 heteroatoms. The second-order valence-corrected chi connectivity index (χ2v) is 6.53. The Kier molecular flexibility index (Phi) is 7.26. The molecule has 0 spiro atoms. The average Bonchev–Trinajstić information content (AvgIpc) is 2.61. The van der Waals surface area contributed by atoms with Gasteiger partial charge in [0.15, 0.2) is 0 Å². The second-order valence-electron chi connectivity index (χ2n) is 6.53. The lowest BCUT2D eigenvalue weighted by molar-refractivity contribution is 0.0553. The fourth-order valence-electron chi connectivity index (χ4n) is 3.41. The number of hydrogen-bond donors (Lipinski definition) is 1. The lowest BCUT2D eigenvalue weighted by atomic mass is 10.0. The Labute approximate surface area is 160 Å². The zero-order valence-electron chi connectivity index (χ0n) is 15.4. The van der Waals surface area contributed by atoms with Crippen LogP contribution in [0.5, 0.6) is 5.75 Å². The molecule has 2 aromatic carbocycles. The van der Waals surface area contributed by atoms with Crippen molar-refractivity contribution in [3.05, 3.63) is 42.0 Å². The predicted octanol–water partition coefficient (Wildman–Crippen LogP) is 2.80. The summed E-state index contributed by atoms with van der Waals surface area (Å²) in [5.41, 5.74) is 0.656. The fourth-order valence-corrected chi connectivity index (χ4v) is 3.41. The van der Waals surface area contributed by atoms with E-state index in [4.69, 9.17) is 4.74 Å². The number of rotatable bonds is 5. The first-order valence-corrected chi connectivity index (χ1v) is 8.94. The van der Waals surface area contributed by atoms with E-state index in [0.29, 0.717) is 37.6 Å². The minimum absolute atomic E-state index is 0. The molecule has 2 aromatic rings. The van der Waals surface area contributed by atoms with Crippen LogP contribution in [0.2, 0.25) is 0 Å². The smallest absolute Gasteiger partial charge is 0.258 e. The van der Waals surface area contributed by atoms with Gasteiger partial charge in [-0.2, -0.15) is 0 Å². The molecule has 5 nitrogen and oxygen atoms in total. The maximum absolute atomic E-state index is 13.2. The zero-order chi connectivity index (χ0) is 17.8. The van der Waals surface area contributed by atoms with E-state index in [0.717, 1.165) is 23.9 Å². The molecule has 1 amide bonds. The molecule has 0 radical (unpaired) electrons. The molecule has 142 valence electrons. The lowest BCUT2D eigenvalue weighted by Gasteiger charge is -2.35. The molecule has 1 atom stereocenters. The van der Waals surface area contributed by atoms with Crippen LogP contribution in [0.1, 0.15) is 24.2 Å². The van der Waals surface area contributed by atoms with Crippen LogP contribution in [0, 0.1) is 0 Å². The highest BCUT2D eigenvalue weighted by Crippen LogP contribution is 2.29. The van der Waals surface area contributed by atoms with Gasteiger partial charge in [-0.3, -0.25) is 9.69 Å². The summed E-state index contributed by atoms with van der Waals surface area (Å²) in [6, 6.07) is 11.8. The largest absolute Gasteiger partial charge is 0.493 e. The van der Waals surface area contributed by atoms with Gasteiger partial charge in [0.05, 0.1) is 18.3 Å². The van der Waals surface area contributed by atoms with Crippen molar-refractivity contribution in [1.29, 1.82) is 0 Å². The van der Waals surface area contributed by atoms with Crippen LogP contribution in [0.15, 0.2) is 36.4 Å². The van der Waals surface area contributed by atoms with Gasteiger partial charge >= 0.3 is 0 Å². The Bertz CT molecular complexity index is 743. The number of ether oxygens (including phenoxy) is 1. The molecule has 0 aliphatic carbocycles. The van der Waals surface area contributed by atoms with Crippen LogP contribution < -0.4 is 4.74 Å². The van der Waals surface area contributed by atoms with Crippen LogP contribution in [-0.2, 0) is 0 Å². The Morgan fingerprint density at radius 3 is 2.50 bits per heavy atom. The van der Waals surface area contributed by atoms with Crippen LogP contribution in [0.4, 0.5) is 0 Å². The SMILES string of the molecule is CCOc1ccc2ccccc2c1C(=O)N1CCN(CC(C)O)CC1.Cl. The number of β-amino-alcohol motifs (C(OH)–C–C–N with tert-alkyl or cyclic N) is 1. The zero-order valence-corrected chi connectivity index (χ0v) is 16.2. The van der Waals surface area contributed by atoms with E-state index < -0.39 is 0 Å². The third kappa shape index (κ3) is 4.47. The molecule has 1 N–H and O–H groups in total. The van der Waals surface area contributed by atoms with Crippen molar-refractivity contribution in [3.8, 4) is 5.75 Å². The topological polar surface area (TPSA) is 53.0 Å². The average molecular weight is 379 g/mol. The number of aliphatic hydroxyl groups is 1. The van der Waals surface area contributed by atoms with Gasteiger partial charge in [0.25, 0.3) is 5.91 Å². The van der Waals surface area contributed by atoms with E-state index >= 15 is 0 Å². The molecule has 1 aliphatic heterocycles. The van der Waals surface area contributed by atoms with Crippen molar-refractivity contribution < 1.29 is 14.6 Å². The van der Waals surface area contributed by atoms with Crippen molar-refractivity contribution in [3.63, 3.8) is 0 Å². The van der Waals surface area contributed by atoms with Gasteiger partial charge in [-0.15, -0.1) is 12.4 Å². The van der Waals surface area contributed by atoms with Crippen LogP contribution in [0.3, 0.4) is 0 Å². The summed E-state index contributed by atoms with van der Waals surface area (Å²) in [5, 5.41) is 11.5. The summed E-state index contributed by atoms with van der Waals surface area (Å²) >= 11 is 0. The minimum atomic E-state index is -0.343. The standard InChI is InChI=1S/C20H26N2O3.ClH/c1-3-25-18-9-8-16-6-4-5-7-17(16)19(18)20(24)22-12-10-21(11-13-22)14-15(2)23;/h4-9,15,23H,3,10-14H2,1-2H3;1H. The highest BCUT2D eigenvalue weighted by molar-refractivity contribution is 6.09. The first-order chi connectivity index (χ1) is 12.1. The molecule has 0 aromatic heterocycles. The number of fused-ring (bicyclic) bond motifs is 1. The van der Waals surface area contributed by atoms with Gasteiger partial charge in [0.1, 0.15) is 5.75 Å². The van der Waals surface area contributed by atoms with Gasteiger partial charge in [-0.05, 0) is 30.7 Å². The predicted molar refractivity (Wildman–Crippen MR) is 106 cm³/mol. The number of carbonyl (C=O) groups is 1. The number of nitrogens with zero attached hydrogens (tertiary/aromatic N) is 2. The van der Waals surface area contributed by atoms with E-state index in [1.807, 2.05) is 48.2 Å². The van der Waals surface area contributed by atoms with Crippen molar-refractivity contribution in [2.75, 3.05) is 39.3 Å². The lowest BCUT2D eigenvalue weighted by Crippen LogP contribution is -2.50. The molecular weight excluding hydrogens is 352 g/mol. The highest BCUT2D eigenvalue weighted by Gasteiger charge is 2.26. The molecule has 26 heavy (non-hydrogen) atoms. The number of hydrogen-bond acceptors (Lipinski definition) is 4. The van der Waals surface area contributed by atoms with E-state index in [1.54, 1.807) is 6.92 Å². The molecule has 1 aliphatic rings. The number of halogens is 1. The molecule has 1 saturated heterocycles. The van der Waals surface area contributed by atoms with Gasteiger partial charge in [0.2, 0.25) is 0 Å². The Hall–Kier alpha value is -1.82. The third-order valence-electron chi connectivity index (χ3n) is 4.59. The van der Waals surface area contributed by atoms with E-state index in [2.05, 4.69) is 4.90 Å². The summed E-state index contributed by atoms with van der Waals surface area (Å²) in [6.45, 7) is 7.80. The first kappa shape index (κ1) is 20.5. The van der Waals surface area contributed by atoms with Crippen LogP contribution >= 0.6 is 12.4 Å². The van der Waals surface area contributed by atoms with Gasteiger partial charge in [-0.1, -0.05) is 30.3 Å². The van der Waals surface area contributed by atoms with Crippen molar-refractivity contribution in [2.45, 2.75) is 20.0 Å². The fraction of sp³-hybridized carbons (Fsp3) is 0.450. The number of benzene rings is 2. The molecular formula is C20H27ClN2O3. The Balaban J connectivity index is 0.00000243. The first-order valence-electron chi connectivity index (χ1n) is 8.94. The van der Waals surface area contributed by atoms with E-state index in [1.165, 1.54) is 0 Å². The summed E-state index contributed by atoms with van der Waals surface area (Å²) < 4.78 is 5.74. The summed E-state index contributed by atoms with van der Waals surface area (Å²) in [6.07, 6.45) is -0.343. The molecule has 0 saturated carbocycles. The third-order valence-corrected chi connectivity index (χ3v) is 4.59. The molecule has 0 bridgehead atoms. The second kappa shape index (κ2) is 9.21. The van der Waals surface area contributed by atoms with E-state index in [-0.39, 0.29) is 24.4 Å². The Morgan fingerprint density at radius 2 is 1.85 bits per heavy atom. The minimum Gasteiger partial charge on any atom is -0.493 e. The van der Waals surface area contributed by atoms with Crippen LogP contribution in [-0.4, -0.2) is 66.2 Å². The highest BCUT2D eigenvalue weighted by atomic mass is 35.5. The van der Waals surface area contributed by atoms with Gasteiger partial charge in [-0.25, -0.2) is 0 Å². The number of carbonyl (C=O) groups excluding carboxylic acids is 1. The van der Waals surface area contributed by atoms with Gasteiger partial charge < -0.3 is 14.7 Å². The molecule has 1 fully saturated rings. The monoisotopic (exact) mass is 378 g/mol. The quantitative estimate of drug-likeness (QED) is 0.869. The van der Waals surface area contributed by atoms with Crippen molar-refractivity contribution in [1.82, 2.24) is 9.80 Å². The molecule has 1 heterocycles. The maximum atomic E-state index is 13.2.